The Morgan fingerprint density at radius 1 is 1.18 bits per heavy atom. The van der Waals surface area contributed by atoms with E-state index in [0.29, 0.717) is 16.2 Å². The Balaban J connectivity index is 1.99. The molecule has 0 aliphatic heterocycles. The second kappa shape index (κ2) is 12.2. The summed E-state index contributed by atoms with van der Waals surface area (Å²) in [5.41, 5.74) is 0.600. The lowest BCUT2D eigenvalue weighted by atomic mass is 10.1. The molecule has 0 spiro atoms. The number of carbonyl (C=O) groups is 1. The van der Waals surface area contributed by atoms with Crippen molar-refractivity contribution >= 4 is 73.1 Å². The van der Waals surface area contributed by atoms with E-state index in [4.69, 9.17) is 27.9 Å². The van der Waals surface area contributed by atoms with Crippen LogP contribution in [0.2, 0.25) is 10.0 Å². The minimum absolute atomic E-state index is 0.0183. The molecule has 0 aliphatic carbocycles. The van der Waals surface area contributed by atoms with Crippen molar-refractivity contribution < 1.29 is 27.4 Å². The minimum Gasteiger partial charge on any atom is -0.489 e. The number of amides is 1. The maximum Gasteiger partial charge on any atom is 0.345 e. The molecular formula is C21H16BrCl2F3N4O3. The van der Waals surface area contributed by atoms with Gasteiger partial charge in [0.05, 0.1) is 33.5 Å². The van der Waals surface area contributed by atoms with Gasteiger partial charge in [-0.2, -0.15) is 8.78 Å². The summed E-state index contributed by atoms with van der Waals surface area (Å²) in [4.78, 5) is 20.6. The smallest absolute Gasteiger partial charge is 0.345 e. The summed E-state index contributed by atoms with van der Waals surface area (Å²) in [6, 6.07) is 5.82. The van der Waals surface area contributed by atoms with E-state index < -0.39 is 18.3 Å². The molecule has 0 unspecified atom stereocenters. The van der Waals surface area contributed by atoms with Crippen molar-refractivity contribution in [2.75, 3.05) is 29.2 Å². The van der Waals surface area contributed by atoms with Crippen LogP contribution in [0.5, 0.6) is 5.75 Å². The Morgan fingerprint density at radius 2 is 1.97 bits per heavy atom. The summed E-state index contributed by atoms with van der Waals surface area (Å²) < 4.78 is 48.7. The molecule has 7 nitrogen and oxygen atoms in total. The molecule has 180 valence electrons. The summed E-state index contributed by atoms with van der Waals surface area (Å²) in [5.74, 6) is -0.861. The molecule has 1 aromatic heterocycles. The molecule has 1 heterocycles. The fraction of sp³-hybridized carbons (Fsp3) is 0.190. The van der Waals surface area contributed by atoms with Gasteiger partial charge in [-0.1, -0.05) is 45.2 Å². The number of fused-ring (bicyclic) bond motifs is 1. The van der Waals surface area contributed by atoms with Gasteiger partial charge in [-0.25, -0.2) is 14.4 Å². The van der Waals surface area contributed by atoms with E-state index in [-0.39, 0.29) is 46.2 Å². The summed E-state index contributed by atoms with van der Waals surface area (Å²) in [5, 5.41) is 6.15. The van der Waals surface area contributed by atoms with E-state index >= 15 is 0 Å². The Labute approximate surface area is 210 Å². The number of nitrogens with one attached hydrogen (secondary N) is 2. The third-order valence-electron chi connectivity index (χ3n) is 4.23. The van der Waals surface area contributed by atoms with E-state index in [1.165, 1.54) is 36.7 Å². The van der Waals surface area contributed by atoms with Crippen LogP contribution in [0, 0.1) is 5.82 Å². The zero-order valence-corrected chi connectivity index (χ0v) is 20.2. The van der Waals surface area contributed by atoms with Crippen LogP contribution in [0.4, 0.5) is 30.4 Å². The number of allylic oxidation sites excluding steroid dienone is 1. The lowest BCUT2D eigenvalue weighted by Gasteiger charge is -2.15. The van der Waals surface area contributed by atoms with Gasteiger partial charge in [0.15, 0.2) is 5.82 Å². The average Bonchev–Trinajstić information content (AvgIpc) is 2.81. The highest BCUT2D eigenvalue weighted by molar-refractivity contribution is 9.09. The lowest BCUT2D eigenvalue weighted by Crippen LogP contribution is -2.13. The van der Waals surface area contributed by atoms with Gasteiger partial charge in [0.1, 0.15) is 24.5 Å². The van der Waals surface area contributed by atoms with Crippen LogP contribution in [-0.2, 0) is 9.53 Å². The molecule has 3 aromatic rings. The van der Waals surface area contributed by atoms with Crippen LogP contribution >= 0.6 is 39.1 Å². The van der Waals surface area contributed by atoms with Crippen molar-refractivity contribution in [1.82, 2.24) is 9.97 Å². The highest BCUT2D eigenvalue weighted by atomic mass is 79.9. The first-order valence-corrected chi connectivity index (χ1v) is 11.4. The molecule has 0 radical (unpaired) electrons. The van der Waals surface area contributed by atoms with Gasteiger partial charge >= 0.3 is 6.61 Å². The van der Waals surface area contributed by atoms with Gasteiger partial charge in [-0.15, -0.1) is 0 Å². The quantitative estimate of drug-likeness (QED) is 0.126. The SMILES string of the molecule is O=C(/C=C/CBr)Nc1cc2c(Nc3ccc(Cl)c(Cl)c3F)ncnc2cc1OCCOC(F)F. The molecule has 2 aromatic carbocycles. The van der Waals surface area contributed by atoms with Crippen molar-refractivity contribution in [3.05, 3.63) is 58.6 Å². The van der Waals surface area contributed by atoms with E-state index in [2.05, 4.69) is 41.3 Å². The van der Waals surface area contributed by atoms with Crippen molar-refractivity contribution in [1.29, 1.82) is 0 Å². The van der Waals surface area contributed by atoms with Crippen LogP contribution < -0.4 is 15.4 Å². The molecule has 0 atom stereocenters. The fourth-order valence-electron chi connectivity index (χ4n) is 2.77. The number of aromatic nitrogens is 2. The first-order valence-electron chi connectivity index (χ1n) is 9.55. The summed E-state index contributed by atoms with van der Waals surface area (Å²) in [6.07, 6.45) is 4.12. The zero-order valence-electron chi connectivity index (χ0n) is 17.1. The van der Waals surface area contributed by atoms with Gasteiger partial charge in [0.25, 0.3) is 0 Å². The molecule has 2 N–H and O–H groups in total. The summed E-state index contributed by atoms with van der Waals surface area (Å²) in [6.45, 7) is -3.52. The number of halogens is 6. The molecule has 3 rings (SSSR count). The number of hydrogen-bond acceptors (Lipinski definition) is 6. The average molecular weight is 580 g/mol. The first-order chi connectivity index (χ1) is 16.3. The number of nitrogens with zero attached hydrogens (tertiary/aromatic N) is 2. The Kier molecular flexibility index (Phi) is 9.34. The van der Waals surface area contributed by atoms with Gasteiger partial charge < -0.3 is 20.1 Å². The summed E-state index contributed by atoms with van der Waals surface area (Å²) in [7, 11) is 0. The van der Waals surface area contributed by atoms with E-state index in [0.717, 1.165) is 0 Å². The highest BCUT2D eigenvalue weighted by Gasteiger charge is 2.16. The predicted octanol–water partition coefficient (Wildman–Crippen LogP) is 6.33. The van der Waals surface area contributed by atoms with Crippen LogP contribution in [0.1, 0.15) is 0 Å². The number of ether oxygens (including phenoxy) is 2. The van der Waals surface area contributed by atoms with E-state index in [9.17, 15) is 18.0 Å². The number of carbonyl (C=O) groups excluding carboxylic acids is 1. The highest BCUT2D eigenvalue weighted by Crippen LogP contribution is 2.35. The standard InChI is InChI=1S/C21H16BrCl2F3N4O3/c22-5-1-2-17(32)30-15-8-11-14(9-16(15)33-6-7-34-21(26)27)28-10-29-20(11)31-13-4-3-12(23)18(24)19(13)25/h1-4,8-10,21H,5-7H2,(H,30,32)(H,28,29,31)/b2-1+. The van der Waals surface area contributed by atoms with Crippen LogP contribution in [0.15, 0.2) is 42.7 Å². The van der Waals surface area contributed by atoms with Gasteiger partial charge in [-0.05, 0) is 18.2 Å². The molecule has 0 saturated heterocycles. The fourth-order valence-corrected chi connectivity index (χ4v) is 3.26. The third kappa shape index (κ3) is 6.72. The minimum atomic E-state index is -2.93. The van der Waals surface area contributed by atoms with Gasteiger partial charge in [0, 0.05) is 22.9 Å². The number of hydrogen-bond donors (Lipinski definition) is 2. The maximum atomic E-state index is 14.5. The third-order valence-corrected chi connectivity index (χ3v) is 5.38. The van der Waals surface area contributed by atoms with Gasteiger partial charge in [-0.3, -0.25) is 4.79 Å². The summed E-state index contributed by atoms with van der Waals surface area (Å²) >= 11 is 14.9. The monoisotopic (exact) mass is 578 g/mol. The van der Waals surface area contributed by atoms with E-state index in [1.54, 1.807) is 6.08 Å². The Morgan fingerprint density at radius 3 is 2.71 bits per heavy atom. The number of anilines is 3. The van der Waals surface area contributed by atoms with Crippen molar-refractivity contribution in [2.24, 2.45) is 0 Å². The normalized spacial score (nSPS) is 11.4. The second-order valence-corrected chi connectivity index (χ2v) is 7.89. The topological polar surface area (TPSA) is 85.4 Å². The molecule has 0 saturated carbocycles. The van der Waals surface area contributed by atoms with Gasteiger partial charge in [0.2, 0.25) is 5.91 Å². The number of alkyl halides is 3. The van der Waals surface area contributed by atoms with Crippen LogP contribution in [0.25, 0.3) is 10.9 Å². The zero-order chi connectivity index (χ0) is 24.7. The lowest BCUT2D eigenvalue weighted by molar-refractivity contribution is -0.133. The number of rotatable bonds is 10. The largest absolute Gasteiger partial charge is 0.489 e. The Hall–Kier alpha value is -2.60. The predicted molar refractivity (Wildman–Crippen MR) is 128 cm³/mol. The second-order valence-electron chi connectivity index (χ2n) is 6.46. The molecular weight excluding hydrogens is 564 g/mol. The van der Waals surface area contributed by atoms with E-state index in [1.807, 2.05) is 0 Å². The molecule has 13 heteroatoms. The first kappa shape index (κ1) is 26.0. The molecule has 0 fully saturated rings. The van der Waals surface area contributed by atoms with Crippen LogP contribution in [0.3, 0.4) is 0 Å². The molecule has 34 heavy (non-hydrogen) atoms. The maximum absolute atomic E-state index is 14.5. The van der Waals surface area contributed by atoms with Crippen molar-refractivity contribution in [3.8, 4) is 5.75 Å². The molecule has 1 amide bonds. The van der Waals surface area contributed by atoms with Crippen LogP contribution in [-0.4, -0.2) is 41.0 Å². The van der Waals surface area contributed by atoms with Crippen molar-refractivity contribution in [3.63, 3.8) is 0 Å². The Bertz CT molecular complexity index is 1220. The number of benzene rings is 2. The molecule has 0 aliphatic rings. The van der Waals surface area contributed by atoms with Crippen molar-refractivity contribution in [2.45, 2.75) is 6.61 Å². The molecule has 0 bridgehead atoms.